The molecule has 0 saturated heterocycles. The van der Waals surface area contributed by atoms with E-state index in [1.807, 2.05) is 25.1 Å². The Morgan fingerprint density at radius 1 is 0.512 bits per heavy atom. The Morgan fingerprint density at radius 3 is 1.47 bits per heavy atom. The molecule has 0 aliphatic heterocycles. The lowest BCUT2D eigenvalue weighted by molar-refractivity contribution is 0.150. The minimum Gasteiger partial charge on any atom is -0.203 e. The monoisotopic (exact) mass is 598 g/mol. The molecular formula is C39H54F4. The van der Waals surface area contributed by atoms with Crippen molar-refractivity contribution in [1.29, 1.82) is 0 Å². The van der Waals surface area contributed by atoms with Gasteiger partial charge in [0.1, 0.15) is 0 Å². The molecule has 0 heterocycles. The summed E-state index contributed by atoms with van der Waals surface area (Å²) in [6.07, 6.45) is 20.6. The Bertz CT molecular complexity index is 1160. The average Bonchev–Trinajstić information content (AvgIpc) is 3.04. The lowest BCUT2D eigenvalue weighted by atomic mass is 9.67. The second-order valence-corrected chi connectivity index (χ2v) is 14.4. The van der Waals surface area contributed by atoms with Gasteiger partial charge >= 0.3 is 0 Å². The van der Waals surface area contributed by atoms with Gasteiger partial charge in [-0.05, 0) is 141 Å². The van der Waals surface area contributed by atoms with E-state index in [1.165, 1.54) is 38.5 Å². The zero-order chi connectivity index (χ0) is 30.3. The SMILES string of the molecule is CCCCCc1ccc(C2CCC(CCC3CCC(C4CCC(c5ccc(CC)c(F)c5F)CC4)CC3)CC2)c(F)c1F. The highest BCUT2D eigenvalue weighted by Gasteiger charge is 2.33. The van der Waals surface area contributed by atoms with Gasteiger partial charge in [0.05, 0.1) is 0 Å². The summed E-state index contributed by atoms with van der Waals surface area (Å²) in [5.74, 6) is 0.968. The van der Waals surface area contributed by atoms with Gasteiger partial charge in [-0.2, -0.15) is 0 Å². The summed E-state index contributed by atoms with van der Waals surface area (Å²) >= 11 is 0. The van der Waals surface area contributed by atoms with Gasteiger partial charge in [-0.25, -0.2) is 17.6 Å². The molecule has 4 heteroatoms. The van der Waals surface area contributed by atoms with Gasteiger partial charge in [-0.15, -0.1) is 0 Å². The standard InChI is InChI=1S/C39H54F4/c1-3-5-6-7-33-23-25-35(39(43)37(33)41)31-16-12-27(13-17-31)9-8-26-10-14-29(15-11-26)30-18-20-32(21-19-30)34-24-22-28(4-2)36(40)38(34)42/h22-27,29-32H,3-21H2,1-2H3. The molecule has 43 heavy (non-hydrogen) atoms. The summed E-state index contributed by atoms with van der Waals surface area (Å²) in [6.45, 7) is 3.99. The van der Waals surface area contributed by atoms with Crippen molar-refractivity contribution in [3.8, 4) is 0 Å². The summed E-state index contributed by atoms with van der Waals surface area (Å²) in [7, 11) is 0. The number of benzene rings is 2. The zero-order valence-corrected chi connectivity index (χ0v) is 26.7. The molecule has 0 nitrogen and oxygen atoms in total. The molecule has 3 aliphatic rings. The van der Waals surface area contributed by atoms with Crippen LogP contribution >= 0.6 is 0 Å². The van der Waals surface area contributed by atoms with Gasteiger partial charge in [0.2, 0.25) is 0 Å². The smallest absolute Gasteiger partial charge is 0.162 e. The molecule has 0 N–H and O–H groups in total. The molecule has 0 amide bonds. The minimum atomic E-state index is -0.638. The van der Waals surface area contributed by atoms with Gasteiger partial charge in [0.15, 0.2) is 23.3 Å². The Labute approximate surface area is 258 Å². The van der Waals surface area contributed by atoms with Crippen molar-refractivity contribution in [2.24, 2.45) is 23.7 Å². The van der Waals surface area contributed by atoms with Crippen LogP contribution in [0.25, 0.3) is 0 Å². The number of rotatable bonds is 11. The normalized spacial score (nSPS) is 28.2. The minimum absolute atomic E-state index is 0.159. The van der Waals surface area contributed by atoms with Crippen LogP contribution in [0.3, 0.4) is 0 Å². The van der Waals surface area contributed by atoms with Crippen LogP contribution in [0.5, 0.6) is 0 Å². The average molecular weight is 599 g/mol. The molecule has 0 spiro atoms. The Balaban J connectivity index is 1.01. The topological polar surface area (TPSA) is 0 Å². The molecule has 0 bridgehead atoms. The van der Waals surface area contributed by atoms with E-state index in [0.29, 0.717) is 35.1 Å². The maximum absolute atomic E-state index is 15.0. The van der Waals surface area contributed by atoms with Crippen LogP contribution in [-0.4, -0.2) is 0 Å². The first kappa shape index (κ1) is 32.6. The van der Waals surface area contributed by atoms with Crippen molar-refractivity contribution in [3.63, 3.8) is 0 Å². The maximum Gasteiger partial charge on any atom is 0.162 e. The number of unbranched alkanes of at least 4 members (excludes halogenated alkanes) is 2. The Hall–Kier alpha value is -1.84. The molecule has 3 fully saturated rings. The van der Waals surface area contributed by atoms with Crippen molar-refractivity contribution in [3.05, 3.63) is 69.8 Å². The van der Waals surface area contributed by atoms with E-state index in [0.717, 1.165) is 94.3 Å². The summed E-state index contributed by atoms with van der Waals surface area (Å²) in [5, 5.41) is 0. The number of halogens is 4. The molecule has 0 atom stereocenters. The van der Waals surface area contributed by atoms with Crippen molar-refractivity contribution >= 4 is 0 Å². The van der Waals surface area contributed by atoms with Crippen LogP contribution < -0.4 is 0 Å². The predicted molar refractivity (Wildman–Crippen MR) is 169 cm³/mol. The second-order valence-electron chi connectivity index (χ2n) is 14.4. The second kappa shape index (κ2) is 15.4. The first-order valence-electron chi connectivity index (χ1n) is 17.8. The van der Waals surface area contributed by atoms with Gasteiger partial charge in [-0.3, -0.25) is 0 Å². The number of hydrogen-bond acceptors (Lipinski definition) is 0. The van der Waals surface area contributed by atoms with Crippen LogP contribution in [0, 0.1) is 46.9 Å². The molecule has 3 saturated carbocycles. The highest BCUT2D eigenvalue weighted by molar-refractivity contribution is 5.30. The summed E-state index contributed by atoms with van der Waals surface area (Å²) < 4.78 is 58.8. The first-order chi connectivity index (χ1) is 20.9. The van der Waals surface area contributed by atoms with Crippen molar-refractivity contribution in [2.75, 3.05) is 0 Å². The van der Waals surface area contributed by atoms with E-state index in [2.05, 4.69) is 6.92 Å². The third-order valence-corrected chi connectivity index (χ3v) is 11.9. The van der Waals surface area contributed by atoms with Gasteiger partial charge in [0.25, 0.3) is 0 Å². The molecule has 0 aromatic heterocycles. The molecule has 0 unspecified atom stereocenters. The molecule has 2 aromatic rings. The van der Waals surface area contributed by atoms with Crippen LogP contribution in [-0.2, 0) is 12.8 Å². The fourth-order valence-electron chi connectivity index (χ4n) is 8.95. The molecular weight excluding hydrogens is 544 g/mol. The highest BCUT2D eigenvalue weighted by Crippen LogP contribution is 2.46. The van der Waals surface area contributed by atoms with Crippen molar-refractivity contribution in [1.82, 2.24) is 0 Å². The van der Waals surface area contributed by atoms with Crippen LogP contribution in [0.1, 0.15) is 157 Å². The number of hydrogen-bond donors (Lipinski definition) is 0. The Kier molecular flexibility index (Phi) is 11.7. The van der Waals surface area contributed by atoms with Gasteiger partial charge in [-0.1, -0.05) is 76.6 Å². The van der Waals surface area contributed by atoms with E-state index < -0.39 is 23.3 Å². The highest BCUT2D eigenvalue weighted by atomic mass is 19.2. The largest absolute Gasteiger partial charge is 0.203 e. The summed E-state index contributed by atoms with van der Waals surface area (Å²) in [5.41, 5.74) is 2.22. The third-order valence-electron chi connectivity index (χ3n) is 11.9. The fraction of sp³-hybridized carbons (Fsp3) is 0.692. The lowest BCUT2D eigenvalue weighted by Crippen LogP contribution is -2.26. The molecule has 0 radical (unpaired) electrons. The zero-order valence-electron chi connectivity index (χ0n) is 26.7. The van der Waals surface area contributed by atoms with E-state index >= 15 is 0 Å². The van der Waals surface area contributed by atoms with E-state index in [1.54, 1.807) is 6.07 Å². The lowest BCUT2D eigenvalue weighted by Gasteiger charge is -2.38. The Morgan fingerprint density at radius 2 is 0.953 bits per heavy atom. The van der Waals surface area contributed by atoms with Crippen LogP contribution in [0.15, 0.2) is 24.3 Å². The summed E-state index contributed by atoms with van der Waals surface area (Å²) in [4.78, 5) is 0. The molecule has 238 valence electrons. The summed E-state index contributed by atoms with van der Waals surface area (Å²) in [6, 6.07) is 7.33. The first-order valence-corrected chi connectivity index (χ1v) is 17.8. The van der Waals surface area contributed by atoms with E-state index in [4.69, 9.17) is 0 Å². The van der Waals surface area contributed by atoms with Crippen molar-refractivity contribution < 1.29 is 17.6 Å². The van der Waals surface area contributed by atoms with Crippen LogP contribution in [0.4, 0.5) is 17.6 Å². The number of aryl methyl sites for hydroxylation is 2. The maximum atomic E-state index is 15.0. The third kappa shape index (κ3) is 7.88. The molecule has 5 rings (SSSR count). The van der Waals surface area contributed by atoms with Crippen molar-refractivity contribution in [2.45, 2.75) is 148 Å². The van der Waals surface area contributed by atoms with Gasteiger partial charge in [0, 0.05) is 0 Å². The molecule has 2 aromatic carbocycles. The quantitative estimate of drug-likeness (QED) is 0.178. The molecule has 3 aliphatic carbocycles. The van der Waals surface area contributed by atoms with Crippen LogP contribution in [0.2, 0.25) is 0 Å². The fourth-order valence-corrected chi connectivity index (χ4v) is 8.95. The van der Waals surface area contributed by atoms with Gasteiger partial charge < -0.3 is 0 Å². The predicted octanol–water partition coefficient (Wildman–Crippen LogP) is 12.4. The van der Waals surface area contributed by atoms with E-state index in [9.17, 15) is 17.6 Å². The van der Waals surface area contributed by atoms with E-state index in [-0.39, 0.29) is 11.8 Å².